The predicted molar refractivity (Wildman–Crippen MR) is 275 cm³/mol. The molecule has 4 fully saturated rings. The van der Waals surface area contributed by atoms with Crippen LogP contribution in [0.1, 0.15) is 108 Å². The minimum Gasteiger partial charge on any atom is -0.508 e. The average molecular weight is 948 g/mol. The van der Waals surface area contributed by atoms with Gasteiger partial charge >= 0.3 is 0 Å². The summed E-state index contributed by atoms with van der Waals surface area (Å²) < 4.78 is 5.94. The number of halogens is 1. The topological polar surface area (TPSA) is 185 Å². The van der Waals surface area contributed by atoms with Crippen molar-refractivity contribution in [2.24, 2.45) is 0 Å². The Kier molecular flexibility index (Phi) is 18.0. The minimum atomic E-state index is 0.234. The van der Waals surface area contributed by atoms with E-state index < -0.39 is 0 Å². The van der Waals surface area contributed by atoms with Crippen LogP contribution in [-0.2, 0) is 6.61 Å². The fraction of sp³-hybridized carbons (Fsp3) is 0.529. The first-order valence-corrected chi connectivity index (χ1v) is 25.4. The van der Waals surface area contributed by atoms with Crippen LogP contribution in [0.5, 0.6) is 11.5 Å². The van der Waals surface area contributed by atoms with Crippen LogP contribution in [0.15, 0.2) is 72.8 Å². The zero-order valence-corrected chi connectivity index (χ0v) is 40.7. The summed E-state index contributed by atoms with van der Waals surface area (Å²) in [5, 5.41) is 30.7. The van der Waals surface area contributed by atoms with E-state index >= 15 is 0 Å². The third-order valence-corrected chi connectivity index (χ3v) is 13.8. The van der Waals surface area contributed by atoms with Crippen LogP contribution in [0.25, 0.3) is 0 Å². The highest BCUT2D eigenvalue weighted by Crippen LogP contribution is 2.31. The van der Waals surface area contributed by atoms with Crippen LogP contribution in [0.3, 0.4) is 0 Å². The van der Waals surface area contributed by atoms with Crippen molar-refractivity contribution in [3.8, 4) is 11.5 Å². The molecule has 9 rings (SSSR count). The van der Waals surface area contributed by atoms with Crippen molar-refractivity contribution >= 4 is 58.7 Å². The Morgan fingerprint density at radius 2 is 1.01 bits per heavy atom. The van der Waals surface area contributed by atoms with Crippen LogP contribution in [0, 0.1) is 0 Å². The lowest BCUT2D eigenvalue weighted by Crippen LogP contribution is -2.42. The number of hydrogen-bond donors (Lipinski definition) is 7. The zero-order valence-electron chi connectivity index (χ0n) is 39.9. The van der Waals surface area contributed by atoms with Gasteiger partial charge in [-0.2, -0.15) is 29.9 Å². The lowest BCUT2D eigenvalue weighted by atomic mass is 10.1. The number of piperidine rings is 2. The van der Waals surface area contributed by atoms with Crippen molar-refractivity contribution in [1.82, 2.24) is 40.5 Å². The van der Waals surface area contributed by atoms with E-state index in [0.717, 1.165) is 94.5 Å². The van der Waals surface area contributed by atoms with Crippen molar-refractivity contribution in [3.05, 3.63) is 83.4 Å². The maximum Gasteiger partial charge on any atom is 0.233 e. The maximum absolute atomic E-state index is 9.54. The van der Waals surface area contributed by atoms with Crippen molar-refractivity contribution in [3.63, 3.8) is 0 Å². The van der Waals surface area contributed by atoms with E-state index in [1.54, 1.807) is 12.1 Å². The van der Waals surface area contributed by atoms with Gasteiger partial charge in [0, 0.05) is 49.6 Å². The summed E-state index contributed by atoms with van der Waals surface area (Å²) >= 11 is 6.58. The van der Waals surface area contributed by atoms with E-state index in [4.69, 9.17) is 41.3 Å². The Hall–Kier alpha value is -5.71. The number of nitrogens with one attached hydrogen (secondary N) is 6. The Balaban J connectivity index is 0.000000189. The third-order valence-electron chi connectivity index (χ3n) is 13.5. The van der Waals surface area contributed by atoms with Crippen molar-refractivity contribution < 1.29 is 9.84 Å². The van der Waals surface area contributed by atoms with Gasteiger partial charge in [0.15, 0.2) is 0 Å². The summed E-state index contributed by atoms with van der Waals surface area (Å²) in [6, 6.07) is 24.2. The number of phenolic OH excluding ortho intramolecular Hbond substituents is 1. The highest BCUT2D eigenvalue weighted by Gasteiger charge is 2.24. The molecule has 0 atom stereocenters. The van der Waals surface area contributed by atoms with Gasteiger partial charge in [0.25, 0.3) is 0 Å². The standard InChI is InChI=1S/C29H38ClN7O.C22H33N7O/c1-37(24-15-17-31-18-16-24)29-35-27(32-22-11-7-2-3-8-12-22)34-28(36-29)33-23-13-14-26(25(30)19-23)38-20-21-9-5-4-6-10-21;1-29(18-12-14-23-15-13-18)22-27-20(24-16-6-4-2-3-5-7-16)26-21(28-22)25-17-8-10-19(30)11-9-17/h4-6,9-10,13-14,19,22,24,31H,2-3,7-8,11-12,15-18,20H2,1H3,(H2,32,33,34,35,36);8-11,16,18,23,30H,2-7,12-15H2,1H3,(H2,24,25,26,27,28). The Morgan fingerprint density at radius 3 is 1.50 bits per heavy atom. The predicted octanol–water partition coefficient (Wildman–Crippen LogP) is 9.81. The first-order chi connectivity index (χ1) is 33.3. The lowest BCUT2D eigenvalue weighted by molar-refractivity contribution is 0.306. The van der Waals surface area contributed by atoms with Gasteiger partial charge in [-0.25, -0.2) is 0 Å². The summed E-state index contributed by atoms with van der Waals surface area (Å²) in [6.45, 7) is 4.52. The summed E-state index contributed by atoms with van der Waals surface area (Å²) in [5.74, 6) is 4.52. The fourth-order valence-corrected chi connectivity index (χ4v) is 9.68. The Labute approximate surface area is 407 Å². The molecule has 5 aromatic rings. The molecule has 0 amide bonds. The number of hydrogen-bond acceptors (Lipinski definition) is 16. The monoisotopic (exact) mass is 947 g/mol. The van der Waals surface area contributed by atoms with Gasteiger partial charge in [-0.15, -0.1) is 0 Å². The smallest absolute Gasteiger partial charge is 0.233 e. The number of rotatable bonds is 15. The van der Waals surface area contributed by atoms with Crippen molar-refractivity contribution in [2.45, 2.75) is 134 Å². The van der Waals surface area contributed by atoms with Gasteiger partial charge in [-0.1, -0.05) is 93.3 Å². The molecule has 4 aliphatic rings. The minimum absolute atomic E-state index is 0.234. The molecule has 2 saturated carbocycles. The number of ether oxygens (including phenoxy) is 1. The first-order valence-electron chi connectivity index (χ1n) is 25.0. The summed E-state index contributed by atoms with van der Waals surface area (Å²) in [7, 11) is 4.16. The van der Waals surface area contributed by atoms with Gasteiger partial charge in [0.05, 0.1) is 5.02 Å². The second-order valence-corrected chi connectivity index (χ2v) is 19.0. The Morgan fingerprint density at radius 1 is 0.559 bits per heavy atom. The lowest BCUT2D eigenvalue weighted by Gasteiger charge is -2.32. The van der Waals surface area contributed by atoms with E-state index in [0.29, 0.717) is 77.2 Å². The Bertz CT molecular complexity index is 2280. The van der Waals surface area contributed by atoms with Crippen molar-refractivity contribution in [1.29, 1.82) is 0 Å². The van der Waals surface area contributed by atoms with E-state index in [1.807, 2.05) is 60.7 Å². The fourth-order valence-electron chi connectivity index (χ4n) is 9.45. The van der Waals surface area contributed by atoms with Gasteiger partial charge < -0.3 is 51.5 Å². The maximum atomic E-state index is 9.54. The normalized spacial score (nSPS) is 17.7. The molecule has 4 heterocycles. The largest absolute Gasteiger partial charge is 0.508 e. The van der Waals surface area contributed by atoms with Crippen molar-refractivity contribution in [2.75, 3.05) is 71.3 Å². The molecular formula is C51H71ClN14O2. The summed E-state index contributed by atoms with van der Waals surface area (Å²) in [5.41, 5.74) is 2.72. The van der Waals surface area contributed by atoms with Crippen LogP contribution in [-0.4, -0.2) is 99.5 Å². The number of benzene rings is 3. The number of phenols is 1. The van der Waals surface area contributed by atoms with Gasteiger partial charge in [-0.3, -0.25) is 0 Å². The molecule has 364 valence electrons. The molecule has 68 heavy (non-hydrogen) atoms. The summed E-state index contributed by atoms with van der Waals surface area (Å²) in [6.07, 6.45) is 19.1. The molecular weight excluding hydrogens is 876 g/mol. The van der Waals surface area contributed by atoms with Crippen LogP contribution >= 0.6 is 11.6 Å². The van der Waals surface area contributed by atoms with Gasteiger partial charge in [0.1, 0.15) is 18.1 Å². The molecule has 2 aliphatic heterocycles. The second kappa shape index (κ2) is 25.1. The molecule has 3 aromatic carbocycles. The zero-order chi connectivity index (χ0) is 46.9. The van der Waals surface area contributed by atoms with Gasteiger partial charge in [0.2, 0.25) is 35.7 Å². The number of aromatic hydroxyl groups is 1. The number of anilines is 8. The highest BCUT2D eigenvalue weighted by molar-refractivity contribution is 6.32. The quantitative estimate of drug-likeness (QED) is 0.0388. The van der Waals surface area contributed by atoms with E-state index in [1.165, 1.54) is 51.4 Å². The first kappa shape index (κ1) is 48.7. The van der Waals surface area contributed by atoms with Crippen LogP contribution in [0.4, 0.5) is 47.1 Å². The molecule has 2 saturated heterocycles. The molecule has 17 heteroatoms. The molecule has 7 N–H and O–H groups in total. The molecule has 0 unspecified atom stereocenters. The van der Waals surface area contributed by atoms with Crippen LogP contribution in [0.2, 0.25) is 5.02 Å². The third kappa shape index (κ3) is 14.6. The molecule has 0 bridgehead atoms. The van der Waals surface area contributed by atoms with E-state index in [2.05, 4.69) is 60.8 Å². The summed E-state index contributed by atoms with van der Waals surface area (Å²) in [4.78, 5) is 32.9. The number of nitrogens with zero attached hydrogens (tertiary/aromatic N) is 8. The SMILES string of the molecule is CN(c1nc(Nc2ccc(O)cc2)nc(NC2CCCCCC2)n1)C1CCNCC1.CN(c1nc(Nc2ccc(OCc3ccccc3)c(Cl)c2)nc(NC2CCCCCC2)n1)C1CCNCC1. The van der Waals surface area contributed by atoms with E-state index in [9.17, 15) is 5.11 Å². The van der Waals surface area contributed by atoms with Crippen LogP contribution < -0.4 is 46.4 Å². The number of aromatic nitrogens is 6. The molecule has 2 aliphatic carbocycles. The molecule has 2 aromatic heterocycles. The average Bonchev–Trinajstić information content (AvgIpc) is 3.80. The highest BCUT2D eigenvalue weighted by atomic mass is 35.5. The second-order valence-electron chi connectivity index (χ2n) is 18.6. The van der Waals surface area contributed by atoms with Gasteiger partial charge in [-0.05, 0) is 126 Å². The molecule has 0 spiro atoms. The molecule has 0 radical (unpaired) electrons. The van der Waals surface area contributed by atoms with E-state index in [-0.39, 0.29) is 5.75 Å². The molecule has 16 nitrogen and oxygen atoms in total.